The van der Waals surface area contributed by atoms with Gasteiger partial charge in [-0.1, -0.05) is 48.2 Å². The van der Waals surface area contributed by atoms with Crippen molar-refractivity contribution >= 4 is 11.8 Å². The smallest absolute Gasteiger partial charge is 0.192 e. The Hall–Kier alpha value is -3.53. The van der Waals surface area contributed by atoms with E-state index in [0.29, 0.717) is 29.1 Å². The highest BCUT2D eigenvalue weighted by Gasteiger charge is 2.16. The molecule has 2 heterocycles. The Morgan fingerprint density at radius 2 is 1.80 bits per heavy atom. The largest absolute Gasteiger partial charge is 0.483 e. The van der Waals surface area contributed by atoms with Crippen LogP contribution in [0, 0.1) is 5.82 Å². The fraction of sp³-hybridized carbons (Fsp3) is 0.150. The molecule has 0 aliphatic rings. The van der Waals surface area contributed by atoms with E-state index < -0.39 is 5.82 Å². The third-order valence-electron chi connectivity index (χ3n) is 4.16. The van der Waals surface area contributed by atoms with Crippen molar-refractivity contribution in [2.24, 2.45) is 0 Å². The molecule has 0 atom stereocenters. The minimum atomic E-state index is -0.422. The second-order valence-corrected chi connectivity index (χ2v) is 7.09. The number of benzene rings is 2. The summed E-state index contributed by atoms with van der Waals surface area (Å²) >= 11 is 1.45. The molecule has 0 N–H and O–H groups in total. The fourth-order valence-corrected chi connectivity index (χ4v) is 3.62. The molecular weight excluding hydrogens is 405 g/mol. The van der Waals surface area contributed by atoms with Crippen LogP contribution in [0.25, 0.3) is 5.69 Å². The molecule has 0 fully saturated rings. The maximum atomic E-state index is 13.8. The summed E-state index contributed by atoms with van der Waals surface area (Å²) in [5.74, 6) is 1.49. The zero-order valence-corrected chi connectivity index (χ0v) is 16.7. The predicted molar refractivity (Wildman–Crippen MR) is 110 cm³/mol. The molecule has 0 aliphatic heterocycles. The Balaban J connectivity index is 1.48. The van der Waals surface area contributed by atoms with Crippen LogP contribution in [0.2, 0.25) is 0 Å². The van der Waals surface area contributed by atoms with Gasteiger partial charge in [-0.15, -0.1) is 21.9 Å². The Bertz CT molecular complexity index is 1130. The maximum Gasteiger partial charge on any atom is 0.192 e. The summed E-state index contributed by atoms with van der Waals surface area (Å²) < 4.78 is 22.9. The molecule has 152 valence electrons. The highest BCUT2D eigenvalue weighted by Crippen LogP contribution is 2.23. The first kappa shape index (κ1) is 19.8. The molecule has 0 saturated carbocycles. The van der Waals surface area contributed by atoms with E-state index >= 15 is 0 Å². The van der Waals surface area contributed by atoms with Crippen LogP contribution in [-0.4, -0.2) is 35.0 Å². The van der Waals surface area contributed by atoms with Crippen LogP contribution in [0.15, 0.2) is 72.4 Å². The van der Waals surface area contributed by atoms with Gasteiger partial charge in [0.1, 0.15) is 6.61 Å². The van der Waals surface area contributed by atoms with E-state index in [1.165, 1.54) is 17.8 Å². The molecule has 4 rings (SSSR count). The van der Waals surface area contributed by atoms with Crippen LogP contribution in [-0.2, 0) is 18.9 Å². The Morgan fingerprint density at radius 1 is 1.00 bits per heavy atom. The Labute approximate surface area is 176 Å². The van der Waals surface area contributed by atoms with Gasteiger partial charge in [-0.25, -0.2) is 4.39 Å². The van der Waals surface area contributed by atoms with Crippen molar-refractivity contribution in [2.75, 3.05) is 0 Å². The number of thioether (sulfide) groups is 1. The van der Waals surface area contributed by atoms with E-state index in [1.807, 2.05) is 34.9 Å². The third kappa shape index (κ3) is 4.38. The van der Waals surface area contributed by atoms with Crippen LogP contribution in [0.1, 0.15) is 11.6 Å². The first-order valence-corrected chi connectivity index (χ1v) is 10.1. The molecule has 0 unspecified atom stereocenters. The van der Waals surface area contributed by atoms with E-state index in [9.17, 15) is 4.39 Å². The van der Waals surface area contributed by atoms with Gasteiger partial charge in [0, 0.05) is 6.54 Å². The molecule has 0 saturated heterocycles. The van der Waals surface area contributed by atoms with Crippen LogP contribution in [0.5, 0.6) is 5.75 Å². The van der Waals surface area contributed by atoms with E-state index in [-0.39, 0.29) is 12.4 Å². The van der Waals surface area contributed by atoms with Gasteiger partial charge >= 0.3 is 0 Å². The first-order valence-electron chi connectivity index (χ1n) is 9.12. The normalized spacial score (nSPS) is 10.8. The van der Waals surface area contributed by atoms with E-state index in [1.54, 1.807) is 29.0 Å². The number of tetrazole rings is 1. The van der Waals surface area contributed by atoms with Gasteiger partial charge in [-0.05, 0) is 34.7 Å². The number of rotatable bonds is 9. The van der Waals surface area contributed by atoms with Gasteiger partial charge < -0.3 is 4.74 Å². The number of para-hydroxylation sites is 2. The van der Waals surface area contributed by atoms with Gasteiger partial charge in [-0.3, -0.25) is 4.57 Å². The predicted octanol–water partition coefficient (Wildman–Crippen LogP) is 3.45. The molecule has 30 heavy (non-hydrogen) atoms. The number of aromatic nitrogens is 7. The lowest BCUT2D eigenvalue weighted by Crippen LogP contribution is -2.08. The zero-order chi connectivity index (χ0) is 20.8. The molecular formula is C20H18FN7OS. The van der Waals surface area contributed by atoms with Crippen LogP contribution in [0.4, 0.5) is 4.39 Å². The van der Waals surface area contributed by atoms with Crippen molar-refractivity contribution in [1.82, 2.24) is 35.0 Å². The van der Waals surface area contributed by atoms with E-state index in [0.717, 1.165) is 5.69 Å². The standard InChI is InChI=1S/C20H18FN7OS/c1-2-12-27-18(13-29-17-11-7-6-10-16(17)21)22-24-20(27)30-14-19-23-25-26-28(19)15-8-4-3-5-9-15/h2-11H,1,12-14H2. The number of allylic oxidation sites excluding steroid dienone is 1. The topological polar surface area (TPSA) is 83.5 Å². The molecule has 0 spiro atoms. The van der Waals surface area contributed by atoms with Crippen LogP contribution < -0.4 is 4.74 Å². The first-order chi connectivity index (χ1) is 14.8. The number of ether oxygens (including phenoxy) is 1. The quantitative estimate of drug-likeness (QED) is 0.301. The fourth-order valence-electron chi connectivity index (χ4n) is 2.74. The summed E-state index contributed by atoms with van der Waals surface area (Å²) in [4.78, 5) is 0. The summed E-state index contributed by atoms with van der Waals surface area (Å²) in [5, 5.41) is 21.1. The lowest BCUT2D eigenvalue weighted by molar-refractivity contribution is 0.275. The average Bonchev–Trinajstić information content (AvgIpc) is 3.40. The third-order valence-corrected chi connectivity index (χ3v) is 5.13. The van der Waals surface area contributed by atoms with Crippen molar-refractivity contribution in [3.8, 4) is 11.4 Å². The van der Waals surface area contributed by atoms with Gasteiger partial charge in [-0.2, -0.15) is 4.68 Å². The van der Waals surface area contributed by atoms with Crippen molar-refractivity contribution < 1.29 is 9.13 Å². The second kappa shape index (κ2) is 9.31. The molecule has 0 aliphatic carbocycles. The summed E-state index contributed by atoms with van der Waals surface area (Å²) in [6, 6.07) is 15.9. The molecule has 0 bridgehead atoms. The molecule has 2 aromatic carbocycles. The number of hydrogen-bond donors (Lipinski definition) is 0. The lowest BCUT2D eigenvalue weighted by atomic mass is 10.3. The molecule has 4 aromatic rings. The van der Waals surface area contributed by atoms with Crippen molar-refractivity contribution in [3.05, 3.63) is 84.7 Å². The SMILES string of the molecule is C=CCn1c(COc2ccccc2F)nnc1SCc1nnnn1-c1ccccc1. The molecule has 8 nitrogen and oxygen atoms in total. The van der Waals surface area contributed by atoms with Gasteiger partial charge in [0.2, 0.25) is 0 Å². The summed E-state index contributed by atoms with van der Waals surface area (Å²) in [6.07, 6.45) is 1.74. The number of hydrogen-bond acceptors (Lipinski definition) is 7. The second-order valence-electron chi connectivity index (χ2n) is 6.15. The number of nitrogens with zero attached hydrogens (tertiary/aromatic N) is 7. The highest BCUT2D eigenvalue weighted by atomic mass is 32.2. The molecule has 10 heteroatoms. The average molecular weight is 423 g/mol. The van der Waals surface area contributed by atoms with Crippen molar-refractivity contribution in [3.63, 3.8) is 0 Å². The van der Waals surface area contributed by atoms with Crippen molar-refractivity contribution in [2.45, 2.75) is 24.1 Å². The molecule has 0 radical (unpaired) electrons. The zero-order valence-electron chi connectivity index (χ0n) is 15.9. The van der Waals surface area contributed by atoms with Crippen LogP contribution >= 0.6 is 11.8 Å². The monoisotopic (exact) mass is 423 g/mol. The van der Waals surface area contributed by atoms with Crippen molar-refractivity contribution in [1.29, 1.82) is 0 Å². The van der Waals surface area contributed by atoms with Gasteiger partial charge in [0.15, 0.2) is 28.4 Å². The van der Waals surface area contributed by atoms with E-state index in [2.05, 4.69) is 32.3 Å². The van der Waals surface area contributed by atoms with Crippen LogP contribution in [0.3, 0.4) is 0 Å². The Morgan fingerprint density at radius 3 is 2.60 bits per heavy atom. The minimum absolute atomic E-state index is 0.0874. The Kier molecular flexibility index (Phi) is 6.14. The minimum Gasteiger partial charge on any atom is -0.483 e. The maximum absolute atomic E-state index is 13.8. The molecule has 0 amide bonds. The molecule has 2 aromatic heterocycles. The van der Waals surface area contributed by atoms with Gasteiger partial charge in [0.25, 0.3) is 0 Å². The van der Waals surface area contributed by atoms with Gasteiger partial charge in [0.05, 0.1) is 11.4 Å². The summed E-state index contributed by atoms with van der Waals surface area (Å²) in [5.41, 5.74) is 0.879. The summed E-state index contributed by atoms with van der Waals surface area (Å²) in [6.45, 7) is 4.37. The lowest BCUT2D eigenvalue weighted by Gasteiger charge is -2.09. The summed E-state index contributed by atoms with van der Waals surface area (Å²) in [7, 11) is 0. The van der Waals surface area contributed by atoms with E-state index in [4.69, 9.17) is 4.74 Å². The number of halogens is 1. The highest BCUT2D eigenvalue weighted by molar-refractivity contribution is 7.98.